The molecule has 4 aliphatic rings. The highest BCUT2D eigenvalue weighted by molar-refractivity contribution is 5.26. The molecule has 1 aromatic rings. The smallest absolute Gasteiger partial charge is 0.0657 e. The van der Waals surface area contributed by atoms with Gasteiger partial charge in [-0.25, -0.2) is 0 Å². The summed E-state index contributed by atoms with van der Waals surface area (Å²) in [5.74, 6) is 3.98. The van der Waals surface area contributed by atoms with Crippen molar-refractivity contribution in [3.63, 3.8) is 0 Å². The van der Waals surface area contributed by atoms with E-state index in [-0.39, 0.29) is 6.10 Å². The van der Waals surface area contributed by atoms with Crippen molar-refractivity contribution >= 4 is 0 Å². The highest BCUT2D eigenvalue weighted by atomic mass is 16.3. The van der Waals surface area contributed by atoms with Crippen molar-refractivity contribution in [3.05, 3.63) is 47.5 Å². The Morgan fingerprint density at radius 3 is 2.47 bits per heavy atom. The van der Waals surface area contributed by atoms with Crippen LogP contribution in [0.2, 0.25) is 0 Å². The standard InChI is InChI=1S/C32H48O2/c1-22(10-12-25(33)20-23-8-6-5-7-9-23)27-14-15-28-26-13-11-24-21-30(2,34)18-19-31(24,3)29(26)16-17-32(27,28)4/h5-9,11,22,25-29,33-34H,10,12-21H2,1-4H3/t22-,25?,26+,27-,28+,29+,30+,31+,32-/m1/s1. The molecule has 0 spiro atoms. The molecule has 1 unspecified atom stereocenters. The van der Waals surface area contributed by atoms with Gasteiger partial charge in [0, 0.05) is 0 Å². The minimum absolute atomic E-state index is 0.226. The average molecular weight is 465 g/mol. The minimum atomic E-state index is -0.500. The van der Waals surface area contributed by atoms with Gasteiger partial charge in [-0.15, -0.1) is 0 Å². The normalized spacial score (nSPS) is 43.3. The Morgan fingerprint density at radius 1 is 0.941 bits per heavy atom. The Balaban J connectivity index is 1.24. The topological polar surface area (TPSA) is 40.5 Å². The molecule has 0 aliphatic heterocycles. The Bertz CT molecular complexity index is 888. The van der Waals surface area contributed by atoms with Gasteiger partial charge in [-0.1, -0.05) is 62.8 Å². The summed E-state index contributed by atoms with van der Waals surface area (Å²) in [6.45, 7) is 9.69. The third-order valence-corrected chi connectivity index (χ3v) is 11.4. The van der Waals surface area contributed by atoms with E-state index >= 15 is 0 Å². The molecule has 4 aliphatic carbocycles. The van der Waals surface area contributed by atoms with Gasteiger partial charge in [0.1, 0.15) is 0 Å². The highest BCUT2D eigenvalue weighted by Crippen LogP contribution is 2.67. The molecule has 0 amide bonds. The molecule has 3 saturated carbocycles. The number of hydrogen-bond acceptors (Lipinski definition) is 2. The van der Waals surface area contributed by atoms with Crippen molar-refractivity contribution in [2.24, 2.45) is 40.4 Å². The summed E-state index contributed by atoms with van der Waals surface area (Å²) in [6.07, 6.45) is 14.9. The molecule has 3 fully saturated rings. The molecular formula is C32H48O2. The van der Waals surface area contributed by atoms with Crippen molar-refractivity contribution in [1.82, 2.24) is 0 Å². The van der Waals surface area contributed by atoms with Crippen LogP contribution in [0.1, 0.15) is 97.5 Å². The number of aliphatic hydroxyl groups excluding tert-OH is 1. The van der Waals surface area contributed by atoms with E-state index in [1.54, 1.807) is 5.57 Å². The zero-order valence-corrected chi connectivity index (χ0v) is 22.1. The largest absolute Gasteiger partial charge is 0.393 e. The second-order valence-electron chi connectivity index (χ2n) is 13.6. The molecule has 2 N–H and O–H groups in total. The molecule has 0 saturated heterocycles. The van der Waals surface area contributed by atoms with Crippen LogP contribution in [0.4, 0.5) is 0 Å². The van der Waals surface area contributed by atoms with Crippen LogP contribution < -0.4 is 0 Å². The van der Waals surface area contributed by atoms with Crippen LogP contribution in [-0.2, 0) is 6.42 Å². The predicted molar refractivity (Wildman–Crippen MR) is 140 cm³/mol. The molecule has 188 valence electrons. The fourth-order valence-electron chi connectivity index (χ4n) is 9.42. The second kappa shape index (κ2) is 9.07. The first-order valence-electron chi connectivity index (χ1n) is 14.3. The van der Waals surface area contributed by atoms with Gasteiger partial charge in [0.25, 0.3) is 0 Å². The number of allylic oxidation sites excluding steroid dienone is 1. The first-order valence-corrected chi connectivity index (χ1v) is 14.3. The van der Waals surface area contributed by atoms with Crippen LogP contribution in [0.5, 0.6) is 0 Å². The summed E-state index contributed by atoms with van der Waals surface area (Å²) < 4.78 is 0. The van der Waals surface area contributed by atoms with Crippen molar-refractivity contribution in [2.45, 2.75) is 110 Å². The summed E-state index contributed by atoms with van der Waals surface area (Å²) in [7, 11) is 0. The maximum absolute atomic E-state index is 10.7. The van der Waals surface area contributed by atoms with Gasteiger partial charge in [-0.3, -0.25) is 0 Å². The van der Waals surface area contributed by atoms with Crippen LogP contribution in [0.3, 0.4) is 0 Å². The lowest BCUT2D eigenvalue weighted by Crippen LogP contribution is -2.52. The van der Waals surface area contributed by atoms with Crippen LogP contribution >= 0.6 is 0 Å². The average Bonchev–Trinajstić information content (AvgIpc) is 3.16. The molecule has 2 heteroatoms. The maximum atomic E-state index is 10.7. The molecule has 34 heavy (non-hydrogen) atoms. The lowest BCUT2D eigenvalue weighted by atomic mass is 9.46. The Hall–Kier alpha value is -1.12. The van der Waals surface area contributed by atoms with Gasteiger partial charge in [-0.2, -0.15) is 0 Å². The van der Waals surface area contributed by atoms with E-state index in [1.165, 1.54) is 37.7 Å². The van der Waals surface area contributed by atoms with Crippen molar-refractivity contribution < 1.29 is 10.2 Å². The van der Waals surface area contributed by atoms with Gasteiger partial charge in [0.05, 0.1) is 11.7 Å². The maximum Gasteiger partial charge on any atom is 0.0657 e. The zero-order chi connectivity index (χ0) is 24.1. The molecule has 0 radical (unpaired) electrons. The van der Waals surface area contributed by atoms with E-state index in [2.05, 4.69) is 51.1 Å². The molecule has 0 aromatic heterocycles. The molecule has 2 nitrogen and oxygen atoms in total. The van der Waals surface area contributed by atoms with Crippen LogP contribution in [0, 0.1) is 40.4 Å². The van der Waals surface area contributed by atoms with Crippen LogP contribution in [-0.4, -0.2) is 21.9 Å². The van der Waals surface area contributed by atoms with Crippen molar-refractivity contribution in [3.8, 4) is 0 Å². The summed E-state index contributed by atoms with van der Waals surface area (Å²) >= 11 is 0. The summed E-state index contributed by atoms with van der Waals surface area (Å²) in [5.41, 5.74) is 3.10. The fourth-order valence-corrected chi connectivity index (χ4v) is 9.42. The van der Waals surface area contributed by atoms with Gasteiger partial charge in [0.2, 0.25) is 0 Å². The molecule has 0 bridgehead atoms. The Kier molecular flexibility index (Phi) is 6.56. The summed E-state index contributed by atoms with van der Waals surface area (Å²) in [6, 6.07) is 10.4. The third-order valence-electron chi connectivity index (χ3n) is 11.4. The van der Waals surface area contributed by atoms with Gasteiger partial charge in [0.15, 0.2) is 0 Å². The quantitative estimate of drug-likeness (QED) is 0.432. The first-order chi connectivity index (χ1) is 16.1. The third kappa shape index (κ3) is 4.32. The van der Waals surface area contributed by atoms with E-state index in [1.807, 2.05) is 13.0 Å². The van der Waals surface area contributed by atoms with Crippen molar-refractivity contribution in [1.29, 1.82) is 0 Å². The summed E-state index contributed by atoms with van der Waals surface area (Å²) in [4.78, 5) is 0. The number of aliphatic hydroxyl groups is 2. The van der Waals surface area contributed by atoms with E-state index in [9.17, 15) is 10.2 Å². The van der Waals surface area contributed by atoms with Crippen LogP contribution in [0.15, 0.2) is 42.0 Å². The van der Waals surface area contributed by atoms with Gasteiger partial charge < -0.3 is 10.2 Å². The number of hydrogen-bond donors (Lipinski definition) is 2. The number of benzene rings is 1. The van der Waals surface area contributed by atoms with E-state index in [4.69, 9.17) is 0 Å². The first kappa shape index (κ1) is 24.6. The van der Waals surface area contributed by atoms with Crippen LogP contribution in [0.25, 0.3) is 0 Å². The Morgan fingerprint density at radius 2 is 1.71 bits per heavy atom. The number of rotatable bonds is 6. The lowest BCUT2D eigenvalue weighted by Gasteiger charge is -2.59. The predicted octanol–water partition coefficient (Wildman–Crippen LogP) is 7.34. The van der Waals surface area contributed by atoms with Gasteiger partial charge in [-0.05, 0) is 124 Å². The zero-order valence-electron chi connectivity index (χ0n) is 22.1. The molecular weight excluding hydrogens is 416 g/mol. The van der Waals surface area contributed by atoms with E-state index in [0.29, 0.717) is 16.7 Å². The lowest BCUT2D eigenvalue weighted by molar-refractivity contribution is -0.0708. The SMILES string of the molecule is C[C@H](CCC(O)Cc1ccccc1)[C@H]1CC[C@H]2[C@@H]3CC=C4C[C@@](C)(O)CC[C@]4(C)[C@H]3CC[C@]12C. The minimum Gasteiger partial charge on any atom is -0.393 e. The molecule has 5 rings (SSSR count). The van der Waals surface area contributed by atoms with E-state index < -0.39 is 5.60 Å². The highest BCUT2D eigenvalue weighted by Gasteiger charge is 2.59. The summed E-state index contributed by atoms with van der Waals surface area (Å²) in [5, 5.41) is 21.4. The van der Waals surface area contributed by atoms with Crippen molar-refractivity contribution in [2.75, 3.05) is 0 Å². The second-order valence-corrected chi connectivity index (χ2v) is 13.6. The van der Waals surface area contributed by atoms with E-state index in [0.717, 1.165) is 62.2 Å². The molecule has 9 atom stereocenters. The number of fused-ring (bicyclic) bond motifs is 5. The molecule has 0 heterocycles. The van der Waals surface area contributed by atoms with Gasteiger partial charge >= 0.3 is 0 Å². The monoisotopic (exact) mass is 464 g/mol. The molecule has 1 aromatic carbocycles. The fraction of sp³-hybridized carbons (Fsp3) is 0.750. The Labute approximate surface area is 208 Å².